The minimum atomic E-state index is -0.373. The predicted molar refractivity (Wildman–Crippen MR) is 109 cm³/mol. The molecule has 2 aromatic carbocycles. The molecule has 3 aliphatic rings. The van der Waals surface area contributed by atoms with Gasteiger partial charge in [0.2, 0.25) is 0 Å². The van der Waals surface area contributed by atoms with Crippen molar-refractivity contribution in [2.45, 2.75) is 18.6 Å². The minimum absolute atomic E-state index is 0.242. The predicted octanol–water partition coefficient (Wildman–Crippen LogP) is 3.57. The number of nitrogens with one attached hydrogen (secondary N) is 2. The fourth-order valence-corrected chi connectivity index (χ4v) is 4.12. The summed E-state index contributed by atoms with van der Waals surface area (Å²) >= 11 is 0. The highest BCUT2D eigenvalue weighted by molar-refractivity contribution is 6.31. The van der Waals surface area contributed by atoms with Crippen LogP contribution in [0.1, 0.15) is 18.4 Å². The Kier molecular flexibility index (Phi) is 4.49. The molecule has 0 saturated carbocycles. The summed E-state index contributed by atoms with van der Waals surface area (Å²) in [6, 6.07) is 12.3. The number of carbonyl (C=O) groups excluding carboxylic acids is 1. The summed E-state index contributed by atoms with van der Waals surface area (Å²) in [5.74, 6) is -0.984. The van der Waals surface area contributed by atoms with Crippen molar-refractivity contribution >= 4 is 28.5 Å². The highest BCUT2D eigenvalue weighted by Crippen LogP contribution is 2.34. The van der Waals surface area contributed by atoms with E-state index in [2.05, 4.69) is 27.7 Å². The zero-order valence-electron chi connectivity index (χ0n) is 15.9. The van der Waals surface area contributed by atoms with E-state index in [0.717, 1.165) is 37.3 Å². The first-order valence-electron chi connectivity index (χ1n) is 9.83. The Bertz CT molecular complexity index is 958. The standard InChI is InChI=1S/C22H22FN3O3/c23-15-1-6-20-18(13-15)19(21(27)25-20)14-24-16-2-4-17(5-3-16)26-9-7-22(8-10-26)28-11-12-29-22/h1-6,13-14,24H,7-12H2,(H,25,27). The smallest absolute Gasteiger partial charge is 0.257 e. The van der Waals surface area contributed by atoms with Gasteiger partial charge in [-0.2, -0.15) is 0 Å². The molecule has 2 aromatic rings. The maximum absolute atomic E-state index is 13.5. The maximum atomic E-state index is 13.5. The summed E-state index contributed by atoms with van der Waals surface area (Å²) in [7, 11) is 0. The zero-order valence-corrected chi connectivity index (χ0v) is 15.9. The Labute approximate surface area is 168 Å². The molecule has 0 aromatic heterocycles. The molecular weight excluding hydrogens is 373 g/mol. The summed E-state index contributed by atoms with van der Waals surface area (Å²) in [5.41, 5.74) is 3.61. The van der Waals surface area contributed by atoms with Crippen molar-refractivity contribution in [1.82, 2.24) is 0 Å². The first kappa shape index (κ1) is 18.1. The van der Waals surface area contributed by atoms with Gasteiger partial charge in [-0.1, -0.05) is 0 Å². The van der Waals surface area contributed by atoms with Gasteiger partial charge in [-0.05, 0) is 42.5 Å². The normalized spacial score (nSPS) is 21.5. The topological polar surface area (TPSA) is 62.8 Å². The number of anilines is 3. The lowest BCUT2D eigenvalue weighted by Gasteiger charge is -2.38. The average Bonchev–Trinajstić information content (AvgIpc) is 3.31. The summed E-state index contributed by atoms with van der Waals surface area (Å²) < 4.78 is 25.1. The molecule has 150 valence electrons. The number of hydrogen-bond donors (Lipinski definition) is 2. The third-order valence-corrected chi connectivity index (χ3v) is 5.72. The van der Waals surface area contributed by atoms with E-state index in [1.807, 2.05) is 12.1 Å². The summed E-state index contributed by atoms with van der Waals surface area (Å²) in [5, 5.41) is 5.89. The highest BCUT2D eigenvalue weighted by Gasteiger charge is 2.39. The van der Waals surface area contributed by atoms with Crippen molar-refractivity contribution in [1.29, 1.82) is 0 Å². The fourth-order valence-electron chi connectivity index (χ4n) is 4.12. The fraction of sp³-hybridized carbons (Fsp3) is 0.318. The van der Waals surface area contributed by atoms with Crippen LogP contribution in [0.3, 0.4) is 0 Å². The van der Waals surface area contributed by atoms with Crippen LogP contribution in [0.15, 0.2) is 48.7 Å². The van der Waals surface area contributed by atoms with E-state index in [-0.39, 0.29) is 17.5 Å². The van der Waals surface area contributed by atoms with Crippen LogP contribution >= 0.6 is 0 Å². The van der Waals surface area contributed by atoms with Crippen LogP contribution < -0.4 is 15.5 Å². The molecule has 0 radical (unpaired) electrons. The number of hydrogen-bond acceptors (Lipinski definition) is 5. The van der Waals surface area contributed by atoms with Crippen LogP contribution in [0.2, 0.25) is 0 Å². The number of halogens is 1. The van der Waals surface area contributed by atoms with Crippen molar-refractivity contribution < 1.29 is 18.7 Å². The third kappa shape index (κ3) is 3.47. The number of ether oxygens (including phenoxy) is 2. The Hall–Kier alpha value is -2.90. The second-order valence-electron chi connectivity index (χ2n) is 7.49. The summed E-state index contributed by atoms with van der Waals surface area (Å²) in [6.07, 6.45) is 3.35. The molecule has 7 heteroatoms. The lowest BCUT2D eigenvalue weighted by molar-refractivity contribution is -0.169. The van der Waals surface area contributed by atoms with Crippen molar-refractivity contribution in [3.8, 4) is 0 Å². The van der Waals surface area contributed by atoms with Crippen LogP contribution in [0.25, 0.3) is 5.57 Å². The molecule has 2 fully saturated rings. The van der Waals surface area contributed by atoms with Crippen molar-refractivity contribution in [2.24, 2.45) is 0 Å². The molecule has 5 rings (SSSR count). The number of piperidine rings is 1. The molecule has 0 bridgehead atoms. The number of nitrogens with zero attached hydrogens (tertiary/aromatic N) is 1. The first-order chi connectivity index (χ1) is 14.1. The van der Waals surface area contributed by atoms with Crippen LogP contribution in [0, 0.1) is 5.82 Å². The van der Waals surface area contributed by atoms with Gasteiger partial charge < -0.3 is 25.0 Å². The molecule has 6 nitrogen and oxygen atoms in total. The van der Waals surface area contributed by atoms with Gasteiger partial charge in [-0.25, -0.2) is 4.39 Å². The molecule has 2 saturated heterocycles. The van der Waals surface area contributed by atoms with Crippen LogP contribution in [-0.4, -0.2) is 38.0 Å². The van der Waals surface area contributed by atoms with Crippen molar-refractivity contribution in [3.05, 3.63) is 60.0 Å². The van der Waals surface area contributed by atoms with Crippen molar-refractivity contribution in [2.75, 3.05) is 41.8 Å². The average molecular weight is 395 g/mol. The van der Waals surface area contributed by atoms with E-state index in [4.69, 9.17) is 9.47 Å². The Morgan fingerprint density at radius 1 is 1.07 bits per heavy atom. The van der Waals surface area contributed by atoms with E-state index >= 15 is 0 Å². The van der Waals surface area contributed by atoms with Gasteiger partial charge in [0, 0.05) is 54.8 Å². The quantitative estimate of drug-likeness (QED) is 0.778. The molecule has 0 unspecified atom stereocenters. The number of benzene rings is 2. The van der Waals surface area contributed by atoms with E-state index in [9.17, 15) is 9.18 Å². The number of fused-ring (bicyclic) bond motifs is 1. The van der Waals surface area contributed by atoms with Gasteiger partial charge in [0.15, 0.2) is 5.79 Å². The maximum Gasteiger partial charge on any atom is 0.257 e. The molecular formula is C22H22FN3O3. The van der Waals surface area contributed by atoms with Gasteiger partial charge in [0.05, 0.1) is 18.8 Å². The van der Waals surface area contributed by atoms with Crippen molar-refractivity contribution in [3.63, 3.8) is 0 Å². The lowest BCUT2D eigenvalue weighted by Crippen LogP contribution is -2.45. The van der Waals surface area contributed by atoms with Gasteiger partial charge in [0.1, 0.15) is 5.82 Å². The van der Waals surface area contributed by atoms with Gasteiger partial charge in [-0.3, -0.25) is 4.79 Å². The van der Waals surface area contributed by atoms with Crippen LogP contribution in [-0.2, 0) is 14.3 Å². The summed E-state index contributed by atoms with van der Waals surface area (Å²) in [6.45, 7) is 3.15. The largest absolute Gasteiger partial charge is 0.371 e. The second kappa shape index (κ2) is 7.17. The zero-order chi connectivity index (χ0) is 19.8. The van der Waals surface area contributed by atoms with Crippen LogP contribution in [0.4, 0.5) is 21.5 Å². The molecule has 1 amide bonds. The van der Waals surface area contributed by atoms with E-state index in [1.165, 1.54) is 12.1 Å². The molecule has 1 spiro atoms. The Morgan fingerprint density at radius 3 is 2.52 bits per heavy atom. The van der Waals surface area contributed by atoms with Gasteiger partial charge >= 0.3 is 0 Å². The van der Waals surface area contributed by atoms with Crippen LogP contribution in [0.5, 0.6) is 0 Å². The molecule has 2 N–H and O–H groups in total. The SMILES string of the molecule is O=C1Nc2ccc(F)cc2C1=CNc1ccc(N2CCC3(CC2)OCCO3)cc1. The third-order valence-electron chi connectivity index (χ3n) is 5.72. The minimum Gasteiger partial charge on any atom is -0.371 e. The van der Waals surface area contributed by atoms with E-state index < -0.39 is 0 Å². The van der Waals surface area contributed by atoms with Gasteiger partial charge in [-0.15, -0.1) is 0 Å². The molecule has 3 heterocycles. The molecule has 29 heavy (non-hydrogen) atoms. The number of amides is 1. The van der Waals surface area contributed by atoms with Gasteiger partial charge in [0.25, 0.3) is 5.91 Å². The van der Waals surface area contributed by atoms with E-state index in [0.29, 0.717) is 30.0 Å². The Morgan fingerprint density at radius 2 is 1.79 bits per heavy atom. The molecule has 0 aliphatic carbocycles. The number of rotatable bonds is 3. The molecule has 3 aliphatic heterocycles. The first-order valence-corrected chi connectivity index (χ1v) is 9.83. The van der Waals surface area contributed by atoms with E-state index in [1.54, 1.807) is 12.3 Å². The highest BCUT2D eigenvalue weighted by atomic mass is 19.1. The Balaban J connectivity index is 1.25. The monoisotopic (exact) mass is 395 g/mol. The number of carbonyl (C=O) groups is 1. The summed E-state index contributed by atoms with van der Waals surface area (Å²) in [4.78, 5) is 14.5. The molecule has 0 atom stereocenters. The second-order valence-corrected chi connectivity index (χ2v) is 7.49. The lowest BCUT2D eigenvalue weighted by atomic mass is 10.0.